The standard InChI is InChI=1S/C37H52F2GeO2/c1-5-6-7-8-12-16-29-42-35-26-25-34(36(38)37(35)39)32-19-17-30(18-20-32)31-21-23-33(24-22-31)41-28-15-13-10-9-11-14-27-40(2,3)4/h17-26H,5-16,27-29H2,1-4H3. The van der Waals surface area contributed by atoms with Crippen LogP contribution in [0.1, 0.15) is 84.0 Å². The Hall–Kier alpha value is -2.34. The van der Waals surface area contributed by atoms with Crippen LogP contribution >= 0.6 is 0 Å². The summed E-state index contributed by atoms with van der Waals surface area (Å²) in [6, 6.07) is 18.8. The minimum Gasteiger partial charge on any atom is -0.203 e. The molecule has 0 saturated carbocycles. The van der Waals surface area contributed by atoms with Crippen LogP contribution in [0.3, 0.4) is 0 Å². The Labute approximate surface area is 256 Å². The number of benzene rings is 3. The number of halogens is 2. The molecule has 3 aromatic rings. The van der Waals surface area contributed by atoms with E-state index in [4.69, 9.17) is 9.47 Å². The van der Waals surface area contributed by atoms with E-state index in [-0.39, 0.29) is 11.3 Å². The molecule has 0 amide bonds. The maximum absolute atomic E-state index is 14.9. The molecule has 0 aliphatic carbocycles. The monoisotopic (exact) mass is 640 g/mol. The fourth-order valence-electron chi connectivity index (χ4n) is 5.17. The van der Waals surface area contributed by atoms with Crippen LogP contribution in [0.5, 0.6) is 11.5 Å². The molecular weight excluding hydrogens is 587 g/mol. The van der Waals surface area contributed by atoms with Crippen molar-refractivity contribution in [2.24, 2.45) is 0 Å². The molecule has 0 saturated heterocycles. The number of unbranched alkanes of at least 4 members (excludes halogenated alkanes) is 10. The van der Waals surface area contributed by atoms with Crippen LogP contribution in [0.15, 0.2) is 60.7 Å². The number of ether oxygens (including phenoxy) is 2. The van der Waals surface area contributed by atoms with E-state index < -0.39 is 24.9 Å². The third-order valence-electron chi connectivity index (χ3n) is 7.78. The van der Waals surface area contributed by atoms with Gasteiger partial charge in [-0.25, -0.2) is 4.39 Å². The molecule has 0 N–H and O–H groups in total. The van der Waals surface area contributed by atoms with E-state index >= 15 is 0 Å². The zero-order valence-corrected chi connectivity index (χ0v) is 28.6. The summed E-state index contributed by atoms with van der Waals surface area (Å²) in [6.45, 7) is 3.34. The normalized spacial score (nSPS) is 11.6. The van der Waals surface area contributed by atoms with Gasteiger partial charge in [-0.3, -0.25) is 0 Å². The van der Waals surface area contributed by atoms with E-state index in [1.165, 1.54) is 62.7 Å². The summed E-state index contributed by atoms with van der Waals surface area (Å²) in [5.41, 5.74) is 2.94. The van der Waals surface area contributed by atoms with Crippen molar-refractivity contribution >= 4 is 13.3 Å². The van der Waals surface area contributed by atoms with E-state index in [2.05, 4.69) is 24.2 Å². The van der Waals surface area contributed by atoms with Gasteiger partial charge in [0.25, 0.3) is 0 Å². The smallest absolute Gasteiger partial charge is 0.203 e. The van der Waals surface area contributed by atoms with E-state index in [1.807, 2.05) is 48.5 Å². The predicted molar refractivity (Wildman–Crippen MR) is 177 cm³/mol. The van der Waals surface area contributed by atoms with Gasteiger partial charge in [0.05, 0.1) is 6.61 Å². The van der Waals surface area contributed by atoms with Crippen LogP contribution in [0, 0.1) is 11.6 Å². The second-order valence-electron chi connectivity index (χ2n) is 12.7. The molecule has 5 heteroatoms. The zero-order valence-electron chi connectivity index (χ0n) is 26.5. The molecule has 0 radical (unpaired) electrons. The SMILES string of the molecule is CCCCCCCCOc1ccc(-c2ccc(-c3ccc(OCCCCCCC[CH2][Ge]([CH3])([CH3])[CH3])cc3)cc2)c(F)c1F. The Kier molecular flexibility index (Phi) is 14.9. The quantitative estimate of drug-likeness (QED) is 0.0905. The van der Waals surface area contributed by atoms with Gasteiger partial charge < -0.3 is 4.74 Å². The van der Waals surface area contributed by atoms with Crippen LogP contribution in [0.2, 0.25) is 22.5 Å². The van der Waals surface area contributed by atoms with Crippen molar-refractivity contribution in [3.63, 3.8) is 0 Å². The Morgan fingerprint density at radius 2 is 1.02 bits per heavy atom. The average Bonchev–Trinajstić information content (AvgIpc) is 2.98. The summed E-state index contributed by atoms with van der Waals surface area (Å²) in [6.07, 6.45) is 14.4. The first kappa shape index (κ1) is 34.2. The fourth-order valence-corrected chi connectivity index (χ4v) is 7.92. The number of hydrogen-bond donors (Lipinski definition) is 0. The molecule has 0 aliphatic rings. The van der Waals surface area contributed by atoms with Crippen LogP contribution in [0.25, 0.3) is 22.3 Å². The maximum atomic E-state index is 14.9. The van der Waals surface area contributed by atoms with Crippen LogP contribution in [-0.2, 0) is 0 Å². The summed E-state index contributed by atoms with van der Waals surface area (Å²) in [5, 5.41) is 1.49. The predicted octanol–water partition coefficient (Wildman–Crippen LogP) is 12.1. The van der Waals surface area contributed by atoms with Crippen LogP contribution in [-0.4, -0.2) is 26.5 Å². The van der Waals surface area contributed by atoms with Crippen molar-refractivity contribution in [2.45, 2.75) is 106 Å². The summed E-state index contributed by atoms with van der Waals surface area (Å²) in [5.74, 6) is 6.57. The Bertz CT molecular complexity index is 1170. The zero-order chi connectivity index (χ0) is 30.2. The van der Waals surface area contributed by atoms with Gasteiger partial charge >= 0.3 is 116 Å². The molecule has 0 atom stereocenters. The van der Waals surface area contributed by atoms with Crippen molar-refractivity contribution in [1.29, 1.82) is 0 Å². The summed E-state index contributed by atoms with van der Waals surface area (Å²) in [7, 11) is 0. The van der Waals surface area contributed by atoms with Gasteiger partial charge in [0.15, 0.2) is 11.6 Å². The summed E-state index contributed by atoms with van der Waals surface area (Å²) in [4.78, 5) is 0. The number of rotatable bonds is 20. The van der Waals surface area contributed by atoms with E-state index in [9.17, 15) is 8.78 Å². The van der Waals surface area contributed by atoms with Gasteiger partial charge in [-0.15, -0.1) is 0 Å². The van der Waals surface area contributed by atoms with Gasteiger partial charge in [-0.2, -0.15) is 4.39 Å². The van der Waals surface area contributed by atoms with Gasteiger partial charge in [0.2, 0.25) is 5.82 Å². The summed E-state index contributed by atoms with van der Waals surface area (Å²) < 4.78 is 41.1. The van der Waals surface area contributed by atoms with E-state index in [0.717, 1.165) is 49.2 Å². The third kappa shape index (κ3) is 12.1. The van der Waals surface area contributed by atoms with Crippen LogP contribution < -0.4 is 9.47 Å². The van der Waals surface area contributed by atoms with Crippen molar-refractivity contribution < 1.29 is 18.3 Å². The van der Waals surface area contributed by atoms with Crippen molar-refractivity contribution in [1.82, 2.24) is 0 Å². The minimum atomic E-state index is -1.35. The van der Waals surface area contributed by atoms with E-state index in [1.54, 1.807) is 6.07 Å². The second kappa shape index (κ2) is 18.4. The minimum absolute atomic E-state index is 0.0167. The number of hydrogen-bond acceptors (Lipinski definition) is 2. The van der Waals surface area contributed by atoms with Gasteiger partial charge in [-0.1, -0.05) is 63.3 Å². The topological polar surface area (TPSA) is 18.5 Å². The molecule has 0 aliphatic heterocycles. The molecule has 2 nitrogen and oxygen atoms in total. The molecule has 0 spiro atoms. The molecular formula is C37H52F2GeO2. The molecule has 0 aromatic heterocycles. The van der Waals surface area contributed by atoms with Gasteiger partial charge in [0, 0.05) is 5.56 Å². The first-order valence-electron chi connectivity index (χ1n) is 16.2. The molecule has 0 fully saturated rings. The van der Waals surface area contributed by atoms with Crippen molar-refractivity contribution in [2.75, 3.05) is 13.2 Å². The Morgan fingerprint density at radius 1 is 0.524 bits per heavy atom. The first-order valence-corrected chi connectivity index (χ1v) is 24.0. The molecule has 230 valence electrons. The first-order chi connectivity index (χ1) is 20.3. The Morgan fingerprint density at radius 3 is 1.62 bits per heavy atom. The molecule has 0 heterocycles. The third-order valence-corrected chi connectivity index (χ3v) is 11.7. The molecule has 3 aromatic carbocycles. The fraction of sp³-hybridized carbons (Fsp3) is 0.514. The molecule has 0 unspecified atom stereocenters. The van der Waals surface area contributed by atoms with Crippen molar-refractivity contribution in [3.05, 3.63) is 72.3 Å². The van der Waals surface area contributed by atoms with Crippen LogP contribution in [0.4, 0.5) is 8.78 Å². The van der Waals surface area contributed by atoms with Gasteiger partial charge in [-0.05, 0) is 35.2 Å². The Balaban J connectivity index is 1.42. The summed E-state index contributed by atoms with van der Waals surface area (Å²) >= 11 is -1.35. The van der Waals surface area contributed by atoms with E-state index in [0.29, 0.717) is 12.2 Å². The van der Waals surface area contributed by atoms with Crippen molar-refractivity contribution in [3.8, 4) is 33.8 Å². The van der Waals surface area contributed by atoms with Gasteiger partial charge in [0.1, 0.15) is 0 Å². The molecule has 42 heavy (non-hydrogen) atoms. The molecule has 3 rings (SSSR count). The second-order valence-corrected chi connectivity index (χ2v) is 24.5. The molecule has 0 bridgehead atoms. The average molecular weight is 639 g/mol.